The molecule has 1 fully saturated rings. The molecule has 0 spiro atoms. The molecule has 2 atom stereocenters. The van der Waals surface area contributed by atoms with Gasteiger partial charge in [0.2, 0.25) is 5.91 Å². The summed E-state index contributed by atoms with van der Waals surface area (Å²) in [4.78, 5) is 11.5. The summed E-state index contributed by atoms with van der Waals surface area (Å²) >= 11 is 0. The van der Waals surface area contributed by atoms with Crippen molar-refractivity contribution < 1.29 is 4.79 Å². The van der Waals surface area contributed by atoms with Crippen molar-refractivity contribution in [1.29, 1.82) is 0 Å². The number of nitrogens with one attached hydrogen (secondary N) is 1. The van der Waals surface area contributed by atoms with Crippen molar-refractivity contribution in [3.05, 3.63) is 0 Å². The van der Waals surface area contributed by atoms with Gasteiger partial charge in [-0.15, -0.1) is 0 Å². The Bertz CT molecular complexity index is 193. The molecule has 0 aromatic carbocycles. The van der Waals surface area contributed by atoms with Crippen LogP contribution in [-0.2, 0) is 4.79 Å². The number of hydrogen-bond acceptors (Lipinski definition) is 2. The second kappa shape index (κ2) is 4.78. The summed E-state index contributed by atoms with van der Waals surface area (Å²) in [5.41, 5.74) is 3.01. The SMILES string of the molecule is CC(C)C(=O)NN1C(C)CCCC1C. The number of carbonyl (C=O) groups excluding carboxylic acids is 1. The topological polar surface area (TPSA) is 32.3 Å². The predicted molar refractivity (Wildman–Crippen MR) is 57.6 cm³/mol. The van der Waals surface area contributed by atoms with Crippen LogP contribution in [0.25, 0.3) is 0 Å². The van der Waals surface area contributed by atoms with Gasteiger partial charge in [0, 0.05) is 18.0 Å². The van der Waals surface area contributed by atoms with Gasteiger partial charge in [-0.05, 0) is 26.7 Å². The van der Waals surface area contributed by atoms with Crippen LogP contribution in [0.1, 0.15) is 47.0 Å². The Morgan fingerprint density at radius 3 is 2.21 bits per heavy atom. The lowest BCUT2D eigenvalue weighted by Crippen LogP contribution is -2.54. The van der Waals surface area contributed by atoms with E-state index in [1.807, 2.05) is 13.8 Å². The van der Waals surface area contributed by atoms with Crippen molar-refractivity contribution in [2.24, 2.45) is 5.92 Å². The van der Waals surface area contributed by atoms with Crippen LogP contribution in [0.3, 0.4) is 0 Å². The van der Waals surface area contributed by atoms with E-state index in [9.17, 15) is 4.79 Å². The number of carbonyl (C=O) groups is 1. The van der Waals surface area contributed by atoms with Gasteiger partial charge in [0.15, 0.2) is 0 Å². The highest BCUT2D eigenvalue weighted by molar-refractivity contribution is 5.77. The first-order chi connectivity index (χ1) is 6.52. The molecular weight excluding hydrogens is 176 g/mol. The van der Waals surface area contributed by atoms with Crippen LogP contribution in [0.2, 0.25) is 0 Å². The summed E-state index contributed by atoms with van der Waals surface area (Å²) < 4.78 is 0. The van der Waals surface area contributed by atoms with Gasteiger partial charge < -0.3 is 0 Å². The molecule has 1 rings (SSSR count). The van der Waals surface area contributed by atoms with Gasteiger partial charge in [0.25, 0.3) is 0 Å². The second-order valence-electron chi connectivity index (χ2n) is 4.67. The Morgan fingerprint density at radius 1 is 1.29 bits per heavy atom. The molecule has 3 heteroatoms. The van der Waals surface area contributed by atoms with Crippen LogP contribution in [0.15, 0.2) is 0 Å². The normalized spacial score (nSPS) is 29.2. The standard InChI is InChI=1S/C11H22N2O/c1-8(2)11(14)12-13-9(3)6-5-7-10(13)4/h8-10H,5-7H2,1-4H3,(H,12,14). The molecule has 0 aromatic heterocycles. The van der Waals surface area contributed by atoms with E-state index >= 15 is 0 Å². The van der Waals surface area contributed by atoms with Gasteiger partial charge in [-0.1, -0.05) is 20.3 Å². The molecule has 0 aliphatic carbocycles. The molecule has 1 saturated heterocycles. The molecule has 1 N–H and O–H groups in total. The van der Waals surface area contributed by atoms with Crippen LogP contribution in [0.5, 0.6) is 0 Å². The monoisotopic (exact) mass is 198 g/mol. The van der Waals surface area contributed by atoms with Gasteiger partial charge in [-0.3, -0.25) is 10.2 Å². The molecule has 1 aliphatic heterocycles. The minimum absolute atomic E-state index is 0.0660. The molecule has 1 heterocycles. The van der Waals surface area contributed by atoms with E-state index in [0.29, 0.717) is 12.1 Å². The molecule has 1 amide bonds. The van der Waals surface area contributed by atoms with Gasteiger partial charge >= 0.3 is 0 Å². The van der Waals surface area contributed by atoms with E-state index in [2.05, 4.69) is 24.3 Å². The van der Waals surface area contributed by atoms with E-state index in [-0.39, 0.29) is 11.8 Å². The second-order valence-corrected chi connectivity index (χ2v) is 4.67. The maximum Gasteiger partial charge on any atom is 0.236 e. The Morgan fingerprint density at radius 2 is 1.79 bits per heavy atom. The maximum absolute atomic E-state index is 11.5. The van der Waals surface area contributed by atoms with E-state index in [1.165, 1.54) is 19.3 Å². The summed E-state index contributed by atoms with van der Waals surface area (Å²) in [5, 5.41) is 2.12. The highest BCUT2D eigenvalue weighted by Gasteiger charge is 2.26. The van der Waals surface area contributed by atoms with Crippen molar-refractivity contribution in [1.82, 2.24) is 10.4 Å². The van der Waals surface area contributed by atoms with Crippen molar-refractivity contribution in [2.75, 3.05) is 0 Å². The first kappa shape index (κ1) is 11.5. The summed E-state index contributed by atoms with van der Waals surface area (Å²) in [7, 11) is 0. The minimum atomic E-state index is 0.0660. The highest BCUT2D eigenvalue weighted by Crippen LogP contribution is 2.20. The molecule has 0 bridgehead atoms. The zero-order valence-corrected chi connectivity index (χ0v) is 9.71. The number of hydrazine groups is 1. The van der Waals surface area contributed by atoms with Crippen LogP contribution >= 0.6 is 0 Å². The van der Waals surface area contributed by atoms with E-state index < -0.39 is 0 Å². The Kier molecular flexibility index (Phi) is 3.93. The van der Waals surface area contributed by atoms with Crippen LogP contribution in [0.4, 0.5) is 0 Å². The predicted octanol–water partition coefficient (Wildman–Crippen LogP) is 1.94. The summed E-state index contributed by atoms with van der Waals surface area (Å²) in [6.07, 6.45) is 3.64. The van der Waals surface area contributed by atoms with E-state index in [1.54, 1.807) is 0 Å². The number of rotatable bonds is 2. The summed E-state index contributed by atoms with van der Waals surface area (Å²) in [5.74, 6) is 0.196. The first-order valence-corrected chi connectivity index (χ1v) is 5.61. The fourth-order valence-corrected chi connectivity index (χ4v) is 1.90. The van der Waals surface area contributed by atoms with Gasteiger partial charge in [0.05, 0.1) is 0 Å². The average Bonchev–Trinajstić information content (AvgIpc) is 2.11. The summed E-state index contributed by atoms with van der Waals surface area (Å²) in [6, 6.07) is 0.947. The molecular formula is C11H22N2O. The lowest BCUT2D eigenvalue weighted by Gasteiger charge is -2.39. The fraction of sp³-hybridized carbons (Fsp3) is 0.909. The average molecular weight is 198 g/mol. The lowest BCUT2D eigenvalue weighted by atomic mass is 10.00. The first-order valence-electron chi connectivity index (χ1n) is 5.61. The Hall–Kier alpha value is -0.570. The van der Waals surface area contributed by atoms with Gasteiger partial charge in [-0.2, -0.15) is 0 Å². The van der Waals surface area contributed by atoms with Crippen LogP contribution in [0, 0.1) is 5.92 Å². The fourth-order valence-electron chi connectivity index (χ4n) is 1.90. The van der Waals surface area contributed by atoms with Crippen molar-refractivity contribution in [3.8, 4) is 0 Å². The third-order valence-corrected chi connectivity index (χ3v) is 2.96. The molecule has 0 radical (unpaired) electrons. The van der Waals surface area contributed by atoms with Gasteiger partial charge in [-0.25, -0.2) is 5.01 Å². The number of nitrogens with zero attached hydrogens (tertiary/aromatic N) is 1. The van der Waals surface area contributed by atoms with Crippen molar-refractivity contribution in [3.63, 3.8) is 0 Å². The highest BCUT2D eigenvalue weighted by atomic mass is 16.2. The maximum atomic E-state index is 11.5. The third-order valence-electron chi connectivity index (χ3n) is 2.96. The zero-order valence-electron chi connectivity index (χ0n) is 9.71. The minimum Gasteiger partial charge on any atom is -0.288 e. The number of piperidine rings is 1. The molecule has 14 heavy (non-hydrogen) atoms. The van der Waals surface area contributed by atoms with Crippen molar-refractivity contribution in [2.45, 2.75) is 59.0 Å². The molecule has 1 aliphatic rings. The number of amides is 1. The molecule has 82 valence electrons. The third kappa shape index (κ3) is 2.71. The van der Waals surface area contributed by atoms with Crippen LogP contribution in [-0.4, -0.2) is 23.0 Å². The molecule has 3 nitrogen and oxygen atoms in total. The Balaban J connectivity index is 2.52. The molecule has 2 unspecified atom stereocenters. The van der Waals surface area contributed by atoms with Gasteiger partial charge in [0.1, 0.15) is 0 Å². The molecule has 0 aromatic rings. The van der Waals surface area contributed by atoms with Crippen LogP contribution < -0.4 is 5.43 Å². The lowest BCUT2D eigenvalue weighted by molar-refractivity contribution is -0.132. The number of hydrogen-bond donors (Lipinski definition) is 1. The molecule has 0 saturated carbocycles. The van der Waals surface area contributed by atoms with E-state index in [4.69, 9.17) is 0 Å². The summed E-state index contributed by atoms with van der Waals surface area (Å²) in [6.45, 7) is 8.20. The quantitative estimate of drug-likeness (QED) is 0.735. The van der Waals surface area contributed by atoms with Crippen molar-refractivity contribution >= 4 is 5.91 Å². The smallest absolute Gasteiger partial charge is 0.236 e. The van der Waals surface area contributed by atoms with E-state index in [0.717, 1.165) is 0 Å². The largest absolute Gasteiger partial charge is 0.288 e. The Labute approximate surface area is 86.8 Å². The zero-order chi connectivity index (χ0) is 10.7.